The maximum Gasteiger partial charge on any atom is 0.488 e. The fourth-order valence-corrected chi connectivity index (χ4v) is 9.86. The molecule has 4 rings (SSSR count). The molecule has 1 aromatic rings. The molecule has 7 N–H and O–H groups in total. The van der Waals surface area contributed by atoms with Gasteiger partial charge in [-0.25, -0.2) is 0 Å². The van der Waals surface area contributed by atoms with Crippen LogP contribution in [0.5, 0.6) is 0 Å². The molecule has 61 heavy (non-hydrogen) atoms. The highest BCUT2D eigenvalue weighted by atomic mass is 16.7. The molecule has 0 unspecified atom stereocenters. The number of esters is 1. The Kier molecular flexibility index (Phi) is 17.8. The van der Waals surface area contributed by atoms with Crippen LogP contribution in [0.25, 0.3) is 0 Å². The van der Waals surface area contributed by atoms with Crippen LogP contribution in [-0.2, 0) is 39.8 Å². The van der Waals surface area contributed by atoms with Gasteiger partial charge in [0.15, 0.2) is 12.6 Å². The third kappa shape index (κ3) is 12.1. The number of benzene rings is 1. The Bertz CT molecular complexity index is 1540. The molecule has 3 saturated heterocycles. The number of hydrogen-bond donors (Lipinski definition) is 7. The van der Waals surface area contributed by atoms with Crippen molar-refractivity contribution in [2.45, 2.75) is 192 Å². The lowest BCUT2D eigenvalue weighted by Crippen LogP contribution is -2.60. The van der Waals surface area contributed by atoms with Crippen molar-refractivity contribution in [3.8, 4) is 0 Å². The van der Waals surface area contributed by atoms with Gasteiger partial charge in [0.1, 0.15) is 30.0 Å². The molecule has 0 saturated carbocycles. The second kappa shape index (κ2) is 21.0. The number of carbonyl (C=O) groups excluding carboxylic acids is 1. The van der Waals surface area contributed by atoms with Crippen molar-refractivity contribution < 1.29 is 68.8 Å². The predicted molar refractivity (Wildman–Crippen MR) is 228 cm³/mol. The number of carbonyl (C=O) groups is 1. The first-order valence-electron chi connectivity index (χ1n) is 22.0. The molecule has 3 heterocycles. The average molecular weight is 869 g/mol. The summed E-state index contributed by atoms with van der Waals surface area (Å²) in [5, 5.41) is 78.3. The number of aliphatic hydroxyl groups excluding tert-OH is 3. The van der Waals surface area contributed by atoms with E-state index in [1.54, 1.807) is 72.7 Å². The Labute approximate surface area is 363 Å². The Morgan fingerprint density at radius 3 is 2.13 bits per heavy atom. The molecule has 16 nitrogen and oxygen atoms in total. The topological polar surface area (TPSA) is 221 Å². The van der Waals surface area contributed by atoms with Gasteiger partial charge in [-0.1, -0.05) is 45.0 Å². The Hall–Kier alpha value is -1.81. The summed E-state index contributed by atoms with van der Waals surface area (Å²) in [4.78, 5) is 18.3. The van der Waals surface area contributed by atoms with E-state index in [2.05, 4.69) is 0 Å². The first kappa shape index (κ1) is 51.8. The standard InChI is InChI=1S/C44H77BN2O14/c1-14-33-44(10,53)37(49)28(6)46(11)22-24(2)20-42(8,52)39(26(4)36(27(5)40(51)59-33)60-34-21-43(9,56-13)38(50)29(7)58-34)61-41-35(48)32(19-25(3)57-41)47(12)23-30-15-17-31(18-16-30)45(54)55/h15-18,24-29,32-39,41,48-50,52-55H,14,19-23H2,1-13H3/t24-,25-,26+,27-,28-,29+,32+,33-,34+,35-,36+,37-,38+,39-,41+,42-,43-,44-/m1/s1. The molecule has 0 aliphatic carbocycles. The largest absolute Gasteiger partial charge is 0.488 e. The summed E-state index contributed by atoms with van der Waals surface area (Å²) in [7, 11) is 3.62. The van der Waals surface area contributed by atoms with Gasteiger partial charge in [-0.05, 0) is 98.8 Å². The lowest BCUT2D eigenvalue weighted by atomic mass is 9.77. The molecule has 17 heteroatoms. The fourth-order valence-electron chi connectivity index (χ4n) is 9.86. The molecule has 0 aromatic heterocycles. The lowest BCUT2D eigenvalue weighted by molar-refractivity contribution is -0.318. The van der Waals surface area contributed by atoms with Gasteiger partial charge in [0, 0.05) is 44.6 Å². The van der Waals surface area contributed by atoms with Crippen molar-refractivity contribution in [2.75, 3.05) is 27.7 Å². The summed E-state index contributed by atoms with van der Waals surface area (Å²) in [5.41, 5.74) is -3.27. The van der Waals surface area contributed by atoms with Crippen LogP contribution in [0.15, 0.2) is 24.3 Å². The van der Waals surface area contributed by atoms with Gasteiger partial charge >= 0.3 is 13.1 Å². The lowest BCUT2D eigenvalue weighted by Gasteiger charge is -2.49. The molecule has 0 amide bonds. The van der Waals surface area contributed by atoms with Crippen LogP contribution in [0.2, 0.25) is 0 Å². The van der Waals surface area contributed by atoms with E-state index >= 15 is 0 Å². The Morgan fingerprint density at radius 1 is 0.934 bits per heavy atom. The maximum absolute atomic E-state index is 14.4. The Balaban J connectivity index is 1.78. The second-order valence-corrected chi connectivity index (χ2v) is 19.2. The number of nitrogens with zero attached hydrogens (tertiary/aromatic N) is 2. The third-order valence-electron chi connectivity index (χ3n) is 13.8. The van der Waals surface area contributed by atoms with Crippen LogP contribution in [0.1, 0.15) is 100 Å². The van der Waals surface area contributed by atoms with E-state index < -0.39 is 109 Å². The summed E-state index contributed by atoms with van der Waals surface area (Å²) < 4.78 is 38.0. The van der Waals surface area contributed by atoms with Crippen LogP contribution in [0.4, 0.5) is 0 Å². The number of aliphatic hydroxyl groups is 5. The molecular formula is C44H77BN2O14. The number of likely N-dealkylation sites (N-methyl/N-ethyl adjacent to an activating group) is 2. The van der Waals surface area contributed by atoms with E-state index in [4.69, 9.17) is 28.4 Å². The fraction of sp³-hybridized carbons (Fsp3) is 0.841. The number of methoxy groups -OCH3 is 1. The van der Waals surface area contributed by atoms with Gasteiger partial charge in [0.2, 0.25) is 0 Å². The molecule has 0 spiro atoms. The third-order valence-corrected chi connectivity index (χ3v) is 13.8. The Morgan fingerprint density at radius 2 is 1.56 bits per heavy atom. The van der Waals surface area contributed by atoms with Crippen LogP contribution in [0, 0.1) is 17.8 Å². The minimum atomic E-state index is -1.83. The molecule has 3 aliphatic heterocycles. The summed E-state index contributed by atoms with van der Waals surface area (Å²) in [6.07, 6.45) is -9.13. The van der Waals surface area contributed by atoms with Crippen LogP contribution in [0.3, 0.4) is 0 Å². The van der Waals surface area contributed by atoms with Gasteiger partial charge < -0.3 is 68.9 Å². The zero-order chi connectivity index (χ0) is 45.9. The average Bonchev–Trinajstić information content (AvgIpc) is 3.19. The van der Waals surface area contributed by atoms with Crippen molar-refractivity contribution in [3.63, 3.8) is 0 Å². The molecule has 350 valence electrons. The number of hydrogen-bond acceptors (Lipinski definition) is 16. The van der Waals surface area contributed by atoms with E-state index in [9.17, 15) is 40.4 Å². The zero-order valence-corrected chi connectivity index (χ0v) is 38.7. The molecule has 3 aliphatic rings. The smallest absolute Gasteiger partial charge is 0.459 e. The van der Waals surface area contributed by atoms with Crippen molar-refractivity contribution >= 4 is 18.6 Å². The summed E-state index contributed by atoms with van der Waals surface area (Å²) >= 11 is 0. The van der Waals surface area contributed by atoms with Gasteiger partial charge in [-0.3, -0.25) is 9.69 Å². The number of rotatable bonds is 10. The highest BCUT2D eigenvalue weighted by Crippen LogP contribution is 2.40. The van der Waals surface area contributed by atoms with E-state index in [1.165, 1.54) is 14.0 Å². The van der Waals surface area contributed by atoms with Crippen LogP contribution in [-0.4, -0.2) is 177 Å². The van der Waals surface area contributed by atoms with E-state index in [-0.39, 0.29) is 31.3 Å². The number of cyclic esters (lactones) is 1. The van der Waals surface area contributed by atoms with E-state index in [0.717, 1.165) is 5.56 Å². The minimum absolute atomic E-state index is 0.0982. The molecule has 0 radical (unpaired) electrons. The molecular weight excluding hydrogens is 791 g/mol. The molecule has 0 bridgehead atoms. The summed E-state index contributed by atoms with van der Waals surface area (Å²) in [6.45, 7) is 18.3. The van der Waals surface area contributed by atoms with Crippen LogP contribution >= 0.6 is 0 Å². The monoisotopic (exact) mass is 869 g/mol. The first-order valence-corrected chi connectivity index (χ1v) is 22.0. The maximum atomic E-state index is 14.4. The minimum Gasteiger partial charge on any atom is -0.459 e. The van der Waals surface area contributed by atoms with Gasteiger partial charge in [-0.2, -0.15) is 0 Å². The predicted octanol–water partition coefficient (Wildman–Crippen LogP) is 1.15. The van der Waals surface area contributed by atoms with E-state index in [1.807, 2.05) is 37.7 Å². The first-order chi connectivity index (χ1) is 28.3. The van der Waals surface area contributed by atoms with E-state index in [0.29, 0.717) is 25.0 Å². The van der Waals surface area contributed by atoms with Gasteiger partial charge in [0.05, 0.1) is 41.5 Å². The molecule has 1 aromatic carbocycles. The highest BCUT2D eigenvalue weighted by molar-refractivity contribution is 6.58. The van der Waals surface area contributed by atoms with Gasteiger partial charge in [-0.15, -0.1) is 0 Å². The SMILES string of the molecule is CC[C@H]1OC(=O)[C@H](C)[C@@H](O[C@H]2C[C@@](C)(OC)[C@@H](O)[C@H](C)O2)[C@H](C)[C@@H](O[C@@H]2O[C@H](C)C[C@H](N(C)Cc3ccc(B(O)O)cc3)[C@H]2O)[C@](C)(O)C[C@@H](C)CN(C)[C@H](C)[C@@H](O)[C@]1(C)O. The van der Waals surface area contributed by atoms with Crippen molar-refractivity contribution in [3.05, 3.63) is 29.8 Å². The highest BCUT2D eigenvalue weighted by Gasteiger charge is 2.53. The second-order valence-electron chi connectivity index (χ2n) is 19.2. The summed E-state index contributed by atoms with van der Waals surface area (Å²) in [6, 6.07) is 5.85. The van der Waals surface area contributed by atoms with Crippen molar-refractivity contribution in [2.24, 2.45) is 17.8 Å². The van der Waals surface area contributed by atoms with Crippen molar-refractivity contribution in [1.29, 1.82) is 0 Å². The zero-order valence-electron chi connectivity index (χ0n) is 38.7. The normalized spacial score (nSPS) is 44.0. The molecule has 3 fully saturated rings. The quantitative estimate of drug-likeness (QED) is 0.130. The number of ether oxygens (including phenoxy) is 6. The summed E-state index contributed by atoms with van der Waals surface area (Å²) in [5.74, 6) is -2.79. The van der Waals surface area contributed by atoms with Gasteiger partial charge in [0.25, 0.3) is 0 Å². The molecule has 18 atom stereocenters. The van der Waals surface area contributed by atoms with Crippen molar-refractivity contribution in [1.82, 2.24) is 9.80 Å². The van der Waals surface area contributed by atoms with Crippen LogP contribution < -0.4 is 5.46 Å².